The van der Waals surface area contributed by atoms with E-state index in [0.29, 0.717) is 11.4 Å². The quantitative estimate of drug-likeness (QED) is 0.561. The molecule has 28 heavy (non-hydrogen) atoms. The molecule has 2 rings (SSSR count). The smallest absolute Gasteiger partial charge is 0.334 e. The number of carbonyl (C=O) groups is 2. The number of nitro benzene ring substituents is 1. The molecule has 9 heteroatoms. The van der Waals surface area contributed by atoms with Gasteiger partial charge in [0.1, 0.15) is 0 Å². The molecule has 0 saturated carbocycles. The molecule has 0 saturated heterocycles. The van der Waals surface area contributed by atoms with Crippen LogP contribution in [0.5, 0.6) is 0 Å². The average molecular weight is 385 g/mol. The van der Waals surface area contributed by atoms with Crippen molar-refractivity contribution in [3.8, 4) is 6.07 Å². The summed E-state index contributed by atoms with van der Waals surface area (Å²) in [6.45, 7) is 4.86. The minimum atomic E-state index is -1.32. The molecule has 1 aliphatic heterocycles. The van der Waals surface area contributed by atoms with Gasteiger partial charge in [-0.1, -0.05) is 12.1 Å². The van der Waals surface area contributed by atoms with Gasteiger partial charge in [-0.3, -0.25) is 10.1 Å². The molecule has 1 aromatic rings. The summed E-state index contributed by atoms with van der Waals surface area (Å²) in [7, 11) is 0. The summed E-state index contributed by atoms with van der Waals surface area (Å²) in [4.78, 5) is 36.1. The number of rotatable bonds is 6. The van der Waals surface area contributed by atoms with E-state index in [1.165, 1.54) is 29.2 Å². The normalized spacial score (nSPS) is 16.0. The largest absolute Gasteiger partial charge is 0.478 e. The van der Waals surface area contributed by atoms with Crippen LogP contribution in [0, 0.1) is 27.4 Å². The van der Waals surface area contributed by atoms with Gasteiger partial charge in [-0.2, -0.15) is 5.26 Å². The first-order chi connectivity index (χ1) is 13.1. The van der Waals surface area contributed by atoms with Gasteiger partial charge in [0.05, 0.1) is 34.0 Å². The zero-order valence-electron chi connectivity index (χ0n) is 15.5. The first kappa shape index (κ1) is 20.6. The van der Waals surface area contributed by atoms with E-state index in [1.54, 1.807) is 20.8 Å². The highest BCUT2D eigenvalue weighted by Crippen LogP contribution is 2.42. The summed E-state index contributed by atoms with van der Waals surface area (Å²) in [5, 5.41) is 39.8. The van der Waals surface area contributed by atoms with Gasteiger partial charge in [0.25, 0.3) is 5.69 Å². The second kappa shape index (κ2) is 7.92. The molecule has 1 heterocycles. The van der Waals surface area contributed by atoms with Crippen LogP contribution in [-0.2, 0) is 9.59 Å². The Bertz CT molecular complexity index is 919. The molecule has 9 nitrogen and oxygen atoms in total. The lowest BCUT2D eigenvalue weighted by Gasteiger charge is -2.37. The van der Waals surface area contributed by atoms with Crippen molar-refractivity contribution in [2.75, 3.05) is 6.54 Å². The van der Waals surface area contributed by atoms with E-state index < -0.39 is 28.7 Å². The number of allylic oxidation sites excluding steroid dienone is 2. The van der Waals surface area contributed by atoms with Crippen LogP contribution in [0.25, 0.3) is 0 Å². The van der Waals surface area contributed by atoms with Crippen molar-refractivity contribution in [2.45, 2.75) is 26.7 Å². The molecule has 1 atom stereocenters. The number of carboxylic acid groups (broad SMARTS) is 2. The molecule has 0 bridgehead atoms. The predicted molar refractivity (Wildman–Crippen MR) is 98.0 cm³/mol. The van der Waals surface area contributed by atoms with Crippen LogP contribution >= 0.6 is 0 Å². The second-order valence-corrected chi connectivity index (χ2v) is 6.53. The van der Waals surface area contributed by atoms with Gasteiger partial charge in [-0.15, -0.1) is 0 Å². The molecule has 0 spiro atoms. The molecule has 1 aromatic carbocycles. The van der Waals surface area contributed by atoms with Crippen LogP contribution in [0.15, 0.2) is 46.8 Å². The third-order valence-electron chi connectivity index (χ3n) is 4.72. The lowest BCUT2D eigenvalue weighted by atomic mass is 9.79. The highest BCUT2D eigenvalue weighted by Gasteiger charge is 2.39. The maximum Gasteiger partial charge on any atom is 0.334 e. The van der Waals surface area contributed by atoms with Crippen LogP contribution in [0.4, 0.5) is 5.69 Å². The maximum absolute atomic E-state index is 12.0. The number of carboxylic acids is 2. The SMILES string of the molecule is CC1=C(C(=O)O)C(c2cccc([N+](=O)[O-])c2)C(C(=O)O)=C(C)N1CC(C)C#N. The van der Waals surface area contributed by atoms with E-state index in [0.717, 1.165) is 0 Å². The first-order valence-electron chi connectivity index (χ1n) is 8.39. The Labute approximate surface area is 161 Å². The van der Waals surface area contributed by atoms with E-state index in [9.17, 15) is 29.9 Å². The number of nitriles is 1. The van der Waals surface area contributed by atoms with Crippen molar-refractivity contribution in [1.29, 1.82) is 5.26 Å². The third kappa shape index (κ3) is 3.71. The molecule has 1 aliphatic rings. The molecular weight excluding hydrogens is 366 g/mol. The van der Waals surface area contributed by atoms with E-state index in [4.69, 9.17) is 5.26 Å². The van der Waals surface area contributed by atoms with Crippen LogP contribution in [-0.4, -0.2) is 38.5 Å². The molecule has 146 valence electrons. The third-order valence-corrected chi connectivity index (χ3v) is 4.72. The van der Waals surface area contributed by atoms with Crippen LogP contribution in [0.3, 0.4) is 0 Å². The predicted octanol–water partition coefficient (Wildman–Crippen LogP) is 2.87. The first-order valence-corrected chi connectivity index (χ1v) is 8.39. The van der Waals surface area contributed by atoms with Crippen molar-refractivity contribution in [1.82, 2.24) is 4.90 Å². The van der Waals surface area contributed by atoms with Crippen molar-refractivity contribution in [3.63, 3.8) is 0 Å². The van der Waals surface area contributed by atoms with Gasteiger partial charge in [0.15, 0.2) is 0 Å². The second-order valence-electron chi connectivity index (χ2n) is 6.53. The minimum absolute atomic E-state index is 0.128. The highest BCUT2D eigenvalue weighted by molar-refractivity contribution is 5.98. The van der Waals surface area contributed by atoms with E-state index in [-0.39, 0.29) is 28.9 Å². The molecule has 0 aromatic heterocycles. The molecular formula is C19H19N3O6. The summed E-state index contributed by atoms with van der Waals surface area (Å²) in [5.74, 6) is -4.29. The summed E-state index contributed by atoms with van der Waals surface area (Å²) < 4.78 is 0. The van der Waals surface area contributed by atoms with Gasteiger partial charge in [-0.25, -0.2) is 9.59 Å². The fourth-order valence-corrected chi connectivity index (χ4v) is 3.40. The number of hydrogen-bond donors (Lipinski definition) is 2. The summed E-state index contributed by atoms with van der Waals surface area (Å²) in [6.07, 6.45) is 0. The Morgan fingerprint density at radius 2 is 1.79 bits per heavy atom. The summed E-state index contributed by atoms with van der Waals surface area (Å²) in [5.41, 5.74) is 0.169. The van der Waals surface area contributed by atoms with Crippen LogP contribution in [0.2, 0.25) is 0 Å². The van der Waals surface area contributed by atoms with E-state index in [1.807, 2.05) is 6.07 Å². The summed E-state index contributed by atoms with van der Waals surface area (Å²) >= 11 is 0. The lowest BCUT2D eigenvalue weighted by Crippen LogP contribution is -2.36. The average Bonchev–Trinajstić information content (AvgIpc) is 2.63. The Morgan fingerprint density at radius 3 is 2.21 bits per heavy atom. The topological polar surface area (TPSA) is 145 Å². The number of benzene rings is 1. The van der Waals surface area contributed by atoms with Crippen molar-refractivity contribution >= 4 is 17.6 Å². The molecule has 0 amide bonds. The number of nitrogens with zero attached hydrogens (tertiary/aromatic N) is 3. The van der Waals surface area contributed by atoms with Gasteiger partial charge >= 0.3 is 11.9 Å². The fourth-order valence-electron chi connectivity index (χ4n) is 3.40. The maximum atomic E-state index is 12.0. The number of nitro groups is 1. The summed E-state index contributed by atoms with van der Waals surface area (Å²) in [6, 6.07) is 7.34. The van der Waals surface area contributed by atoms with Crippen molar-refractivity contribution in [3.05, 3.63) is 62.5 Å². The Balaban J connectivity index is 2.77. The van der Waals surface area contributed by atoms with E-state index in [2.05, 4.69) is 0 Å². The van der Waals surface area contributed by atoms with Crippen molar-refractivity contribution < 1.29 is 24.7 Å². The number of aliphatic carboxylic acids is 2. The fraction of sp³-hybridized carbons (Fsp3) is 0.316. The van der Waals surface area contributed by atoms with Crippen molar-refractivity contribution in [2.24, 2.45) is 5.92 Å². The Hall–Kier alpha value is -3.67. The molecule has 0 aliphatic carbocycles. The lowest BCUT2D eigenvalue weighted by molar-refractivity contribution is -0.384. The standard InChI is InChI=1S/C19H19N3O6/c1-10(8-20)9-21-11(2)15(18(23)24)17(16(12(21)3)19(25)26)13-5-4-6-14(7-13)22(27)28/h4-7,10,17H,9H2,1-3H3,(H,23,24)(H,25,26). The molecule has 1 unspecified atom stereocenters. The number of hydrogen-bond acceptors (Lipinski definition) is 6. The zero-order chi connectivity index (χ0) is 21.2. The highest BCUT2D eigenvalue weighted by atomic mass is 16.6. The monoisotopic (exact) mass is 385 g/mol. The van der Waals surface area contributed by atoms with Gasteiger partial charge in [0.2, 0.25) is 0 Å². The van der Waals surface area contributed by atoms with Crippen LogP contribution < -0.4 is 0 Å². The van der Waals surface area contributed by atoms with Gasteiger partial charge in [-0.05, 0) is 26.3 Å². The Morgan fingerprint density at radius 1 is 1.25 bits per heavy atom. The van der Waals surface area contributed by atoms with E-state index >= 15 is 0 Å². The Kier molecular flexibility index (Phi) is 5.84. The molecule has 0 radical (unpaired) electrons. The van der Waals surface area contributed by atoms with Gasteiger partial charge < -0.3 is 15.1 Å². The molecule has 2 N–H and O–H groups in total. The number of non-ortho nitro benzene ring substituents is 1. The molecule has 0 fully saturated rings. The minimum Gasteiger partial charge on any atom is -0.478 e. The van der Waals surface area contributed by atoms with Gasteiger partial charge in [0, 0.05) is 30.1 Å². The zero-order valence-corrected chi connectivity index (χ0v) is 15.5. The van der Waals surface area contributed by atoms with Crippen LogP contribution in [0.1, 0.15) is 32.3 Å².